The van der Waals surface area contributed by atoms with Crippen LogP contribution in [0.4, 0.5) is 20.6 Å². The number of amides is 2. The Morgan fingerprint density at radius 1 is 1.21 bits per heavy atom. The summed E-state index contributed by atoms with van der Waals surface area (Å²) in [6.45, 7) is 8.22. The first-order valence-corrected chi connectivity index (χ1v) is 9.26. The lowest BCUT2D eigenvalue weighted by Gasteiger charge is -2.19. The van der Waals surface area contributed by atoms with Gasteiger partial charge in [0.05, 0.1) is 35.4 Å². The minimum Gasteiger partial charge on any atom is -0.374 e. The quantitative estimate of drug-likeness (QED) is 0.606. The van der Waals surface area contributed by atoms with Crippen LogP contribution in [0.2, 0.25) is 0 Å². The number of aromatic nitrogens is 2. The van der Waals surface area contributed by atoms with E-state index in [4.69, 9.17) is 4.74 Å². The molecular weight excluding hydrogens is 359 g/mol. The molecule has 2 amide bonds. The smallest absolute Gasteiger partial charge is 0.323 e. The van der Waals surface area contributed by atoms with Crippen LogP contribution in [-0.4, -0.2) is 22.6 Å². The Kier molecular flexibility index (Phi) is 7.83. The molecule has 3 rings (SSSR count). The number of rotatable bonds is 5. The first-order chi connectivity index (χ1) is 13.6. The van der Waals surface area contributed by atoms with Crippen molar-refractivity contribution in [1.29, 1.82) is 0 Å². The topological polar surface area (TPSA) is 76.1 Å². The second-order valence-electron chi connectivity index (χ2n) is 5.67. The van der Waals surface area contributed by atoms with Gasteiger partial charge in [-0.15, -0.1) is 0 Å². The lowest BCUT2D eigenvalue weighted by Crippen LogP contribution is -2.21. The molecule has 6 nitrogen and oxygen atoms in total. The third-order valence-corrected chi connectivity index (χ3v) is 3.86. The Hall–Kier alpha value is -3.06. The van der Waals surface area contributed by atoms with Crippen molar-refractivity contribution in [2.75, 3.05) is 17.2 Å². The van der Waals surface area contributed by atoms with Crippen molar-refractivity contribution < 1.29 is 13.9 Å². The van der Waals surface area contributed by atoms with E-state index in [0.717, 1.165) is 0 Å². The number of fused-ring (bicyclic) bond motifs is 1. The number of nitrogens with zero attached hydrogens (tertiary/aromatic N) is 2. The summed E-state index contributed by atoms with van der Waals surface area (Å²) >= 11 is 0. The number of benzene rings is 1. The fraction of sp³-hybridized carbons (Fsp3) is 0.286. The molecule has 2 aromatic heterocycles. The van der Waals surface area contributed by atoms with Crippen molar-refractivity contribution in [1.82, 2.24) is 9.97 Å². The minimum absolute atomic E-state index is 0.346. The number of carbonyl (C=O) groups is 1. The van der Waals surface area contributed by atoms with Crippen LogP contribution in [0.15, 0.2) is 48.9 Å². The Balaban J connectivity index is 0.00000136. The Labute approximate surface area is 164 Å². The molecule has 0 saturated carbocycles. The van der Waals surface area contributed by atoms with E-state index in [9.17, 15) is 9.18 Å². The zero-order valence-corrected chi connectivity index (χ0v) is 16.5. The molecule has 1 unspecified atom stereocenters. The normalized spacial score (nSPS) is 11.3. The van der Waals surface area contributed by atoms with Crippen molar-refractivity contribution in [3.8, 4) is 0 Å². The number of carbonyl (C=O) groups excluding carboxylic acids is 1. The fourth-order valence-corrected chi connectivity index (χ4v) is 2.78. The molecule has 0 bridgehead atoms. The summed E-state index contributed by atoms with van der Waals surface area (Å²) in [5, 5.41) is 6.06. The van der Waals surface area contributed by atoms with Gasteiger partial charge in [-0.1, -0.05) is 13.8 Å². The zero-order chi connectivity index (χ0) is 20.5. The molecule has 2 N–H and O–H groups in total. The van der Waals surface area contributed by atoms with Crippen molar-refractivity contribution in [2.24, 2.45) is 0 Å². The van der Waals surface area contributed by atoms with Crippen LogP contribution in [0.3, 0.4) is 0 Å². The fourth-order valence-electron chi connectivity index (χ4n) is 2.78. The van der Waals surface area contributed by atoms with Crippen LogP contribution in [0.25, 0.3) is 10.9 Å². The van der Waals surface area contributed by atoms with Crippen molar-refractivity contribution >= 4 is 28.3 Å². The molecule has 148 valence electrons. The number of anilines is 2. The second-order valence-corrected chi connectivity index (χ2v) is 5.67. The summed E-state index contributed by atoms with van der Waals surface area (Å²) in [5.41, 5.74) is 2.33. The van der Waals surface area contributed by atoms with Gasteiger partial charge in [-0.2, -0.15) is 0 Å². The molecule has 1 atom stereocenters. The summed E-state index contributed by atoms with van der Waals surface area (Å²) in [4.78, 5) is 20.6. The van der Waals surface area contributed by atoms with Crippen LogP contribution in [0, 0.1) is 5.82 Å². The van der Waals surface area contributed by atoms with Crippen LogP contribution < -0.4 is 10.6 Å². The van der Waals surface area contributed by atoms with E-state index >= 15 is 0 Å². The molecule has 0 radical (unpaired) electrons. The Morgan fingerprint density at radius 3 is 2.68 bits per heavy atom. The molecule has 0 spiro atoms. The molecule has 0 fully saturated rings. The third kappa shape index (κ3) is 5.23. The van der Waals surface area contributed by atoms with Gasteiger partial charge in [-0.05, 0) is 44.2 Å². The maximum atomic E-state index is 13.8. The van der Waals surface area contributed by atoms with Gasteiger partial charge < -0.3 is 15.4 Å². The summed E-state index contributed by atoms with van der Waals surface area (Å²) in [6, 6.07) is 7.36. The van der Waals surface area contributed by atoms with Gasteiger partial charge >= 0.3 is 6.03 Å². The average molecular weight is 384 g/mol. The molecular formula is C21H25FN4O2. The number of ether oxygens (including phenoxy) is 1. The molecule has 2 heterocycles. The van der Waals surface area contributed by atoms with Crippen molar-refractivity contribution in [3.05, 3.63) is 60.3 Å². The number of hydrogen-bond donors (Lipinski definition) is 2. The Bertz CT molecular complexity index is 919. The van der Waals surface area contributed by atoms with Gasteiger partial charge in [0.25, 0.3) is 0 Å². The molecule has 7 heteroatoms. The first kappa shape index (κ1) is 21.2. The van der Waals surface area contributed by atoms with E-state index in [2.05, 4.69) is 20.6 Å². The van der Waals surface area contributed by atoms with E-state index in [-0.39, 0.29) is 11.9 Å². The molecule has 0 aliphatic carbocycles. The van der Waals surface area contributed by atoms with Crippen LogP contribution in [-0.2, 0) is 4.74 Å². The van der Waals surface area contributed by atoms with E-state index in [1.54, 1.807) is 30.6 Å². The van der Waals surface area contributed by atoms with Crippen molar-refractivity contribution in [3.63, 3.8) is 0 Å². The highest BCUT2D eigenvalue weighted by molar-refractivity contribution is 6.02. The zero-order valence-electron chi connectivity index (χ0n) is 16.5. The lowest BCUT2D eigenvalue weighted by atomic mass is 10.0. The van der Waals surface area contributed by atoms with Crippen LogP contribution in [0.1, 0.15) is 39.4 Å². The third-order valence-electron chi connectivity index (χ3n) is 3.86. The number of halogens is 1. The molecule has 3 aromatic rings. The molecule has 0 saturated heterocycles. The monoisotopic (exact) mass is 384 g/mol. The molecule has 0 aliphatic rings. The van der Waals surface area contributed by atoms with E-state index in [1.807, 2.05) is 27.7 Å². The summed E-state index contributed by atoms with van der Waals surface area (Å²) in [6.07, 6.45) is 4.36. The predicted molar refractivity (Wildman–Crippen MR) is 110 cm³/mol. The number of pyridine rings is 2. The van der Waals surface area contributed by atoms with Crippen molar-refractivity contribution in [2.45, 2.75) is 33.8 Å². The molecule has 0 aliphatic heterocycles. The maximum absolute atomic E-state index is 13.8. The highest BCUT2D eigenvalue weighted by Crippen LogP contribution is 2.32. The number of urea groups is 1. The van der Waals surface area contributed by atoms with Gasteiger partial charge in [0.1, 0.15) is 5.82 Å². The minimum atomic E-state index is -0.444. The van der Waals surface area contributed by atoms with E-state index in [0.29, 0.717) is 34.4 Å². The second kappa shape index (κ2) is 10.3. The first-order valence-electron chi connectivity index (χ1n) is 9.26. The molecule has 28 heavy (non-hydrogen) atoms. The van der Waals surface area contributed by atoms with Gasteiger partial charge in [-0.25, -0.2) is 9.18 Å². The van der Waals surface area contributed by atoms with Gasteiger partial charge in [-0.3, -0.25) is 9.97 Å². The lowest BCUT2D eigenvalue weighted by molar-refractivity contribution is 0.0778. The van der Waals surface area contributed by atoms with Crippen LogP contribution in [0.5, 0.6) is 0 Å². The van der Waals surface area contributed by atoms with Gasteiger partial charge in [0, 0.05) is 23.8 Å². The largest absolute Gasteiger partial charge is 0.374 e. The summed E-state index contributed by atoms with van der Waals surface area (Å²) in [5.74, 6) is -0.374. The number of nitrogens with one attached hydrogen (secondary N) is 2. The summed E-state index contributed by atoms with van der Waals surface area (Å²) in [7, 11) is 0. The maximum Gasteiger partial charge on any atom is 0.323 e. The van der Waals surface area contributed by atoms with E-state index < -0.39 is 6.03 Å². The SMILES string of the molecule is CC.CCOC(C)c1c(NC(=O)Nc2cccnc2)cnc2ccc(F)cc12. The highest BCUT2D eigenvalue weighted by Gasteiger charge is 2.18. The summed E-state index contributed by atoms with van der Waals surface area (Å²) < 4.78 is 19.5. The Morgan fingerprint density at radius 2 is 2.00 bits per heavy atom. The average Bonchev–Trinajstić information content (AvgIpc) is 2.70. The predicted octanol–water partition coefficient (Wildman–Crippen LogP) is 5.54. The molecule has 1 aromatic carbocycles. The standard InChI is InChI=1S/C19H19FN4O2.C2H6/c1-3-26-12(2)18-15-9-13(20)6-7-16(15)22-11-17(18)24-19(25)23-14-5-4-8-21-10-14;1-2/h4-12H,3H2,1-2H3,(H2,23,24,25);1-2H3. The van der Waals surface area contributed by atoms with Gasteiger partial charge in [0.2, 0.25) is 0 Å². The van der Waals surface area contributed by atoms with Gasteiger partial charge in [0.15, 0.2) is 0 Å². The van der Waals surface area contributed by atoms with E-state index in [1.165, 1.54) is 18.3 Å². The van der Waals surface area contributed by atoms with Crippen LogP contribution >= 0.6 is 0 Å². The number of hydrogen-bond acceptors (Lipinski definition) is 4. The highest BCUT2D eigenvalue weighted by atomic mass is 19.1.